The Kier molecular flexibility index (Phi) is 4.32. The molecule has 1 fully saturated rings. The maximum absolute atomic E-state index is 13.3. The third kappa shape index (κ3) is 3.39. The van der Waals surface area contributed by atoms with Crippen molar-refractivity contribution in [2.24, 2.45) is 0 Å². The zero-order valence-corrected chi connectivity index (χ0v) is 13.7. The van der Waals surface area contributed by atoms with Gasteiger partial charge in [-0.3, -0.25) is 0 Å². The number of esters is 1. The maximum Gasteiger partial charge on any atom is 0.435 e. The number of carbonyl (C=O) groups excluding carboxylic acids is 1. The molecule has 0 amide bonds. The minimum atomic E-state index is -4.76. The highest BCUT2D eigenvalue weighted by atomic mass is 19.4. The third-order valence-electron chi connectivity index (χ3n) is 4.11. The molecule has 3 rings (SSSR count). The Morgan fingerprint density at radius 3 is 2.48 bits per heavy atom. The van der Waals surface area contributed by atoms with Gasteiger partial charge in [0, 0.05) is 0 Å². The Bertz CT molecular complexity index is 767. The third-order valence-corrected chi connectivity index (χ3v) is 4.11. The molecule has 0 saturated carbocycles. The molecule has 1 aliphatic heterocycles. The van der Waals surface area contributed by atoms with Crippen LogP contribution in [0.1, 0.15) is 41.6 Å². The van der Waals surface area contributed by atoms with E-state index in [0.29, 0.717) is 0 Å². The molecule has 0 N–H and O–H groups in total. The van der Waals surface area contributed by atoms with Crippen molar-refractivity contribution in [3.05, 3.63) is 53.6 Å². The van der Waals surface area contributed by atoms with E-state index in [4.69, 9.17) is 9.47 Å². The second-order valence-electron chi connectivity index (χ2n) is 6.27. The number of halogens is 3. The van der Waals surface area contributed by atoms with Crippen molar-refractivity contribution >= 4 is 5.97 Å². The Morgan fingerprint density at radius 1 is 1.32 bits per heavy atom. The molecule has 2 heterocycles. The van der Waals surface area contributed by atoms with E-state index in [9.17, 15) is 18.0 Å². The number of benzene rings is 1. The second-order valence-corrected chi connectivity index (χ2v) is 6.27. The summed E-state index contributed by atoms with van der Waals surface area (Å²) in [6.45, 7) is 3.62. The minimum absolute atomic E-state index is 0.155. The van der Waals surface area contributed by atoms with Crippen LogP contribution in [-0.2, 0) is 15.7 Å². The average Bonchev–Trinajstić information content (AvgIpc) is 2.98. The van der Waals surface area contributed by atoms with E-state index < -0.39 is 35.2 Å². The van der Waals surface area contributed by atoms with Gasteiger partial charge in [-0.2, -0.15) is 13.2 Å². The van der Waals surface area contributed by atoms with Crippen LogP contribution in [0.3, 0.4) is 0 Å². The van der Waals surface area contributed by atoms with E-state index in [0.717, 1.165) is 11.9 Å². The first-order valence-corrected chi connectivity index (χ1v) is 7.71. The molecule has 134 valence electrons. The van der Waals surface area contributed by atoms with Gasteiger partial charge in [0.05, 0.1) is 25.6 Å². The van der Waals surface area contributed by atoms with Gasteiger partial charge in [0.25, 0.3) is 0 Å². The first kappa shape index (κ1) is 17.5. The van der Waals surface area contributed by atoms with Gasteiger partial charge in [-0.05, 0) is 19.4 Å². The Morgan fingerprint density at radius 2 is 1.96 bits per heavy atom. The molecule has 25 heavy (non-hydrogen) atoms. The highest BCUT2D eigenvalue weighted by Crippen LogP contribution is 2.34. The zero-order valence-electron chi connectivity index (χ0n) is 13.7. The molecule has 8 heteroatoms. The number of nitrogens with zero attached hydrogens (tertiary/aromatic N) is 2. The summed E-state index contributed by atoms with van der Waals surface area (Å²) < 4.78 is 51.4. The first-order valence-electron chi connectivity index (χ1n) is 7.71. The van der Waals surface area contributed by atoms with Crippen LogP contribution in [0, 0.1) is 0 Å². The summed E-state index contributed by atoms with van der Waals surface area (Å²) in [6, 6.07) is 8.38. The fourth-order valence-corrected chi connectivity index (χ4v) is 2.68. The average molecular weight is 354 g/mol. The van der Waals surface area contributed by atoms with Crippen LogP contribution in [0.2, 0.25) is 0 Å². The highest BCUT2D eigenvalue weighted by molar-refractivity contribution is 5.89. The number of ether oxygens (including phenoxy) is 2. The summed E-state index contributed by atoms with van der Waals surface area (Å²) in [5, 5.41) is 0. The summed E-state index contributed by atoms with van der Waals surface area (Å²) >= 11 is 0. The van der Waals surface area contributed by atoms with E-state index in [-0.39, 0.29) is 13.2 Å². The lowest BCUT2D eigenvalue weighted by atomic mass is 10.1. The van der Waals surface area contributed by atoms with Crippen molar-refractivity contribution in [3.8, 4) is 0 Å². The number of imidazole rings is 1. The molecule has 0 unspecified atom stereocenters. The van der Waals surface area contributed by atoms with Gasteiger partial charge in [0.2, 0.25) is 0 Å². The summed E-state index contributed by atoms with van der Waals surface area (Å²) in [7, 11) is 0. The SMILES string of the molecule is C[C@H](c1ccccc1)n1cnc(C(F)(F)F)c1C(=O)OC1(C)COC1. The van der Waals surface area contributed by atoms with Gasteiger partial charge in [0.1, 0.15) is 0 Å². The molecule has 1 aromatic carbocycles. The molecule has 1 aliphatic rings. The van der Waals surface area contributed by atoms with E-state index in [1.165, 1.54) is 4.57 Å². The number of aromatic nitrogens is 2. The smallest absolute Gasteiger partial charge is 0.435 e. The predicted octanol–water partition coefficient (Wildman–Crippen LogP) is 3.46. The van der Waals surface area contributed by atoms with Crippen molar-refractivity contribution in [1.82, 2.24) is 9.55 Å². The summed E-state index contributed by atoms with van der Waals surface area (Å²) in [5.74, 6) is -1.06. The Balaban J connectivity index is 2.01. The van der Waals surface area contributed by atoms with Gasteiger partial charge >= 0.3 is 12.1 Å². The summed E-state index contributed by atoms with van der Waals surface area (Å²) in [4.78, 5) is 15.9. The lowest BCUT2D eigenvalue weighted by Crippen LogP contribution is -2.50. The van der Waals surface area contributed by atoms with Crippen molar-refractivity contribution in [1.29, 1.82) is 0 Å². The molecule has 1 atom stereocenters. The Hall–Kier alpha value is -2.35. The van der Waals surface area contributed by atoms with Crippen molar-refractivity contribution < 1.29 is 27.4 Å². The Labute approximate surface area is 142 Å². The van der Waals surface area contributed by atoms with Crippen molar-refractivity contribution in [2.45, 2.75) is 31.7 Å². The van der Waals surface area contributed by atoms with E-state index >= 15 is 0 Å². The van der Waals surface area contributed by atoms with E-state index in [1.807, 2.05) is 0 Å². The zero-order chi connectivity index (χ0) is 18.2. The van der Waals surface area contributed by atoms with Gasteiger partial charge in [-0.25, -0.2) is 9.78 Å². The van der Waals surface area contributed by atoms with Gasteiger partial charge < -0.3 is 14.0 Å². The first-order chi connectivity index (χ1) is 11.7. The molecule has 1 saturated heterocycles. The summed E-state index contributed by atoms with van der Waals surface area (Å²) in [6.07, 6.45) is -3.73. The monoisotopic (exact) mass is 354 g/mol. The molecule has 0 spiro atoms. The molecular formula is C17H17F3N2O3. The van der Waals surface area contributed by atoms with Crippen LogP contribution in [-0.4, -0.2) is 34.3 Å². The lowest BCUT2D eigenvalue weighted by Gasteiger charge is -2.37. The van der Waals surface area contributed by atoms with Crippen LogP contribution in [0.25, 0.3) is 0 Å². The number of hydrogen-bond donors (Lipinski definition) is 0. The van der Waals surface area contributed by atoms with Crippen LogP contribution >= 0.6 is 0 Å². The summed E-state index contributed by atoms with van der Waals surface area (Å²) in [5.41, 5.74) is -2.01. The second kappa shape index (κ2) is 6.18. The van der Waals surface area contributed by atoms with Crippen molar-refractivity contribution in [3.63, 3.8) is 0 Å². The predicted molar refractivity (Wildman–Crippen MR) is 82.1 cm³/mol. The quantitative estimate of drug-likeness (QED) is 0.789. The van der Waals surface area contributed by atoms with Crippen LogP contribution in [0.5, 0.6) is 0 Å². The van der Waals surface area contributed by atoms with Crippen LogP contribution in [0.15, 0.2) is 36.7 Å². The topological polar surface area (TPSA) is 53.4 Å². The standard InChI is InChI=1S/C17H17F3N2O3/c1-11(12-6-4-3-5-7-12)22-10-21-14(17(18,19)20)13(22)15(23)25-16(2)8-24-9-16/h3-7,10-11H,8-9H2,1-2H3/t11-/m1/s1. The molecule has 2 aromatic rings. The fourth-order valence-electron chi connectivity index (χ4n) is 2.68. The molecule has 0 radical (unpaired) electrons. The highest BCUT2D eigenvalue weighted by Gasteiger charge is 2.44. The van der Waals surface area contributed by atoms with Crippen LogP contribution in [0.4, 0.5) is 13.2 Å². The number of carbonyl (C=O) groups is 1. The molecule has 5 nitrogen and oxygen atoms in total. The number of alkyl halides is 3. The van der Waals surface area contributed by atoms with Crippen molar-refractivity contribution in [2.75, 3.05) is 13.2 Å². The minimum Gasteiger partial charge on any atom is -0.450 e. The molecular weight excluding hydrogens is 337 g/mol. The number of rotatable bonds is 4. The molecule has 0 bridgehead atoms. The molecule has 1 aromatic heterocycles. The van der Waals surface area contributed by atoms with Gasteiger partial charge in [0.15, 0.2) is 17.0 Å². The molecule has 0 aliphatic carbocycles. The number of hydrogen-bond acceptors (Lipinski definition) is 4. The van der Waals surface area contributed by atoms with E-state index in [1.54, 1.807) is 44.2 Å². The maximum atomic E-state index is 13.3. The van der Waals surface area contributed by atoms with E-state index in [2.05, 4.69) is 4.98 Å². The van der Waals surface area contributed by atoms with Gasteiger partial charge in [-0.1, -0.05) is 30.3 Å². The van der Waals surface area contributed by atoms with Crippen LogP contribution < -0.4 is 0 Å². The normalized spacial score (nSPS) is 17.6. The largest absolute Gasteiger partial charge is 0.450 e. The lowest BCUT2D eigenvalue weighted by molar-refractivity contribution is -0.170. The fraction of sp³-hybridized carbons (Fsp3) is 0.412. The van der Waals surface area contributed by atoms with Gasteiger partial charge in [-0.15, -0.1) is 0 Å².